The second-order valence-electron chi connectivity index (χ2n) is 4.42. The summed E-state index contributed by atoms with van der Waals surface area (Å²) in [6.07, 6.45) is 1.56. The number of nitrogens with one attached hydrogen (secondary N) is 1. The summed E-state index contributed by atoms with van der Waals surface area (Å²) in [6.45, 7) is 3.42. The molecule has 0 amide bonds. The van der Waals surface area contributed by atoms with E-state index in [0.29, 0.717) is 11.1 Å². The molecule has 19 heavy (non-hydrogen) atoms. The van der Waals surface area contributed by atoms with Crippen molar-refractivity contribution >= 4 is 0 Å². The summed E-state index contributed by atoms with van der Waals surface area (Å²) in [6, 6.07) is 5.38. The molecule has 100 valence electrons. The van der Waals surface area contributed by atoms with Crippen LogP contribution in [-0.2, 0) is 0 Å². The molecule has 1 heterocycles. The Morgan fingerprint density at radius 2 is 1.89 bits per heavy atom. The molecule has 0 saturated heterocycles. The Labute approximate surface area is 110 Å². The van der Waals surface area contributed by atoms with Crippen molar-refractivity contribution in [1.82, 2.24) is 10.4 Å². The van der Waals surface area contributed by atoms with Crippen molar-refractivity contribution in [2.75, 3.05) is 0 Å². The number of nitrogens with two attached hydrogens (primary N) is 1. The van der Waals surface area contributed by atoms with Gasteiger partial charge in [0.25, 0.3) is 0 Å². The molecule has 0 fully saturated rings. The zero-order valence-corrected chi connectivity index (χ0v) is 10.7. The van der Waals surface area contributed by atoms with Crippen molar-refractivity contribution in [3.8, 4) is 0 Å². The predicted molar refractivity (Wildman–Crippen MR) is 69.2 cm³/mol. The number of pyridine rings is 1. The van der Waals surface area contributed by atoms with Gasteiger partial charge < -0.3 is 0 Å². The molecule has 1 unspecified atom stereocenters. The van der Waals surface area contributed by atoms with Gasteiger partial charge in [-0.15, -0.1) is 0 Å². The highest BCUT2D eigenvalue weighted by atomic mass is 19.1. The van der Waals surface area contributed by atoms with Gasteiger partial charge in [0.15, 0.2) is 0 Å². The fourth-order valence-electron chi connectivity index (χ4n) is 1.94. The smallest absolute Gasteiger partial charge is 0.134 e. The van der Waals surface area contributed by atoms with Crippen LogP contribution in [0.1, 0.15) is 28.4 Å². The van der Waals surface area contributed by atoms with Gasteiger partial charge in [0.2, 0.25) is 0 Å². The first-order valence-corrected chi connectivity index (χ1v) is 5.87. The molecule has 2 aromatic rings. The highest BCUT2D eigenvalue weighted by Gasteiger charge is 2.22. The molecule has 3 nitrogen and oxygen atoms in total. The summed E-state index contributed by atoms with van der Waals surface area (Å²) < 4.78 is 28.0. The van der Waals surface area contributed by atoms with E-state index in [1.54, 1.807) is 25.3 Å². The van der Waals surface area contributed by atoms with Crippen LogP contribution >= 0.6 is 0 Å². The van der Waals surface area contributed by atoms with Gasteiger partial charge >= 0.3 is 0 Å². The van der Waals surface area contributed by atoms with E-state index in [1.807, 2.05) is 6.92 Å². The fourth-order valence-corrected chi connectivity index (χ4v) is 1.94. The molecule has 5 heteroatoms. The highest BCUT2D eigenvalue weighted by Crippen LogP contribution is 2.27. The lowest BCUT2D eigenvalue weighted by Crippen LogP contribution is -2.30. The Hall–Kier alpha value is -1.85. The van der Waals surface area contributed by atoms with Gasteiger partial charge in [-0.3, -0.25) is 10.8 Å². The number of benzene rings is 1. The average molecular weight is 263 g/mol. The van der Waals surface area contributed by atoms with Crippen LogP contribution in [0.3, 0.4) is 0 Å². The number of hydrazine groups is 1. The molecule has 0 bridgehead atoms. The molecule has 1 atom stereocenters. The third-order valence-electron chi connectivity index (χ3n) is 3.04. The van der Waals surface area contributed by atoms with E-state index in [4.69, 9.17) is 5.84 Å². The molecule has 0 radical (unpaired) electrons. The standard InChI is InChI=1S/C14H15F2N3/c1-8-3-6-11(15)12(13(8)16)14(19-17)10-5-4-9(2)18-7-10/h3-7,14,19H,17H2,1-2H3. The van der Waals surface area contributed by atoms with E-state index in [0.717, 1.165) is 5.69 Å². The summed E-state index contributed by atoms with van der Waals surface area (Å²) in [7, 11) is 0. The summed E-state index contributed by atoms with van der Waals surface area (Å²) in [5.74, 6) is 4.22. The Balaban J connectivity index is 2.54. The molecule has 0 saturated carbocycles. The zero-order chi connectivity index (χ0) is 14.0. The van der Waals surface area contributed by atoms with Gasteiger partial charge in [0.1, 0.15) is 11.6 Å². The van der Waals surface area contributed by atoms with Crippen molar-refractivity contribution in [2.45, 2.75) is 19.9 Å². The van der Waals surface area contributed by atoms with Crippen molar-refractivity contribution in [2.24, 2.45) is 5.84 Å². The molecule has 0 spiro atoms. The number of hydrogen-bond acceptors (Lipinski definition) is 3. The van der Waals surface area contributed by atoms with Crippen LogP contribution in [0, 0.1) is 25.5 Å². The lowest BCUT2D eigenvalue weighted by atomic mass is 9.97. The van der Waals surface area contributed by atoms with Gasteiger partial charge in [-0.05, 0) is 37.1 Å². The fraction of sp³-hybridized carbons (Fsp3) is 0.214. The molecule has 2 rings (SSSR count). The molecule has 3 N–H and O–H groups in total. The van der Waals surface area contributed by atoms with E-state index in [2.05, 4.69) is 10.4 Å². The van der Waals surface area contributed by atoms with Crippen molar-refractivity contribution < 1.29 is 8.78 Å². The Morgan fingerprint density at radius 1 is 1.16 bits per heavy atom. The van der Waals surface area contributed by atoms with Gasteiger partial charge in [-0.25, -0.2) is 14.2 Å². The summed E-state index contributed by atoms with van der Waals surface area (Å²) in [4.78, 5) is 4.11. The van der Waals surface area contributed by atoms with Crippen LogP contribution in [-0.4, -0.2) is 4.98 Å². The lowest BCUT2D eigenvalue weighted by molar-refractivity contribution is 0.506. The molecule has 0 aliphatic carbocycles. The first-order chi connectivity index (χ1) is 9.04. The second-order valence-corrected chi connectivity index (χ2v) is 4.42. The first kappa shape index (κ1) is 13.6. The van der Waals surface area contributed by atoms with Crippen molar-refractivity contribution in [3.05, 3.63) is 64.5 Å². The van der Waals surface area contributed by atoms with Crippen LogP contribution in [0.5, 0.6) is 0 Å². The van der Waals surface area contributed by atoms with Crippen LogP contribution in [0.4, 0.5) is 8.78 Å². The summed E-state index contributed by atoms with van der Waals surface area (Å²) >= 11 is 0. The van der Waals surface area contributed by atoms with Gasteiger partial charge in [0, 0.05) is 17.5 Å². The van der Waals surface area contributed by atoms with Gasteiger partial charge in [0.05, 0.1) is 6.04 Å². The van der Waals surface area contributed by atoms with E-state index in [9.17, 15) is 8.78 Å². The molecule has 0 aliphatic heterocycles. The van der Waals surface area contributed by atoms with Gasteiger partial charge in [-0.2, -0.15) is 0 Å². The molecule has 1 aromatic heterocycles. The summed E-state index contributed by atoms with van der Waals surface area (Å²) in [5.41, 5.74) is 4.16. The predicted octanol–water partition coefficient (Wildman–Crippen LogP) is 2.53. The minimum absolute atomic E-state index is 0.0897. The van der Waals surface area contributed by atoms with E-state index in [1.165, 1.54) is 12.1 Å². The molecular weight excluding hydrogens is 248 g/mol. The normalized spacial score (nSPS) is 12.5. The van der Waals surface area contributed by atoms with E-state index >= 15 is 0 Å². The monoisotopic (exact) mass is 263 g/mol. The molecular formula is C14H15F2N3. The molecule has 1 aromatic carbocycles. The first-order valence-electron chi connectivity index (χ1n) is 5.87. The third-order valence-corrected chi connectivity index (χ3v) is 3.04. The third kappa shape index (κ3) is 2.62. The number of rotatable bonds is 3. The van der Waals surface area contributed by atoms with Crippen molar-refractivity contribution in [3.63, 3.8) is 0 Å². The van der Waals surface area contributed by atoms with Gasteiger partial charge in [-0.1, -0.05) is 12.1 Å². The maximum Gasteiger partial charge on any atom is 0.134 e. The Kier molecular flexibility index (Phi) is 3.87. The quantitative estimate of drug-likeness (QED) is 0.661. The maximum atomic E-state index is 14.1. The number of hydrogen-bond donors (Lipinski definition) is 2. The topological polar surface area (TPSA) is 50.9 Å². The summed E-state index contributed by atoms with van der Waals surface area (Å²) in [5, 5.41) is 0. The maximum absolute atomic E-state index is 14.1. The van der Waals surface area contributed by atoms with Crippen LogP contribution in [0.25, 0.3) is 0 Å². The van der Waals surface area contributed by atoms with Crippen LogP contribution < -0.4 is 11.3 Å². The Bertz CT molecular complexity index is 582. The zero-order valence-electron chi connectivity index (χ0n) is 10.7. The molecule has 0 aliphatic rings. The largest absolute Gasteiger partial charge is 0.271 e. The van der Waals surface area contributed by atoms with E-state index in [-0.39, 0.29) is 5.56 Å². The van der Waals surface area contributed by atoms with Crippen LogP contribution in [0.2, 0.25) is 0 Å². The number of halogens is 2. The number of aryl methyl sites for hydroxylation is 2. The number of aromatic nitrogens is 1. The van der Waals surface area contributed by atoms with Crippen LogP contribution in [0.15, 0.2) is 30.5 Å². The van der Waals surface area contributed by atoms with Crippen molar-refractivity contribution in [1.29, 1.82) is 0 Å². The lowest BCUT2D eigenvalue weighted by Gasteiger charge is -2.19. The second kappa shape index (κ2) is 5.42. The minimum atomic E-state index is -0.770. The average Bonchev–Trinajstić information content (AvgIpc) is 2.40. The SMILES string of the molecule is Cc1ccc(C(NN)c2c(F)ccc(C)c2F)cn1. The highest BCUT2D eigenvalue weighted by molar-refractivity contribution is 5.35. The number of nitrogens with zero attached hydrogens (tertiary/aromatic N) is 1. The minimum Gasteiger partial charge on any atom is -0.271 e. The Morgan fingerprint density at radius 3 is 2.47 bits per heavy atom. The van der Waals surface area contributed by atoms with E-state index < -0.39 is 17.7 Å².